The van der Waals surface area contributed by atoms with Crippen molar-refractivity contribution in [1.82, 2.24) is 25.0 Å². The van der Waals surface area contributed by atoms with E-state index in [-0.39, 0.29) is 43.6 Å². The molecule has 0 radical (unpaired) electrons. The summed E-state index contributed by atoms with van der Waals surface area (Å²) in [5, 5.41) is 15.6. The lowest BCUT2D eigenvalue weighted by Crippen LogP contribution is -2.45. The first kappa shape index (κ1) is 27.8. The fourth-order valence-electron chi connectivity index (χ4n) is 7.50. The maximum Gasteiger partial charge on any atom is 0.248 e. The third-order valence-corrected chi connectivity index (χ3v) is 10.6. The molecular weight excluding hydrogens is 528 g/mol. The van der Waals surface area contributed by atoms with Gasteiger partial charge in [-0.3, -0.25) is 9.69 Å². The minimum absolute atomic E-state index is 0.0678. The van der Waals surface area contributed by atoms with Gasteiger partial charge in [-0.05, 0) is 74.3 Å². The van der Waals surface area contributed by atoms with Gasteiger partial charge in [0.15, 0.2) is 0 Å². The summed E-state index contributed by atoms with van der Waals surface area (Å²) in [4.78, 5) is 16.0. The van der Waals surface area contributed by atoms with Gasteiger partial charge in [0.05, 0.1) is 6.04 Å². The van der Waals surface area contributed by atoms with Crippen LogP contribution in [0, 0.1) is 12.8 Å². The topological polar surface area (TPSA) is 63.1 Å². The molecule has 40 heavy (non-hydrogen) atoms. The number of alkyl halides is 2. The molecule has 216 valence electrons. The molecule has 6 rings (SSSR count). The summed E-state index contributed by atoms with van der Waals surface area (Å²) in [6, 6.07) is 9.67. The van der Waals surface area contributed by atoms with E-state index in [9.17, 15) is 13.6 Å². The second-order valence-corrected chi connectivity index (χ2v) is 13.5. The van der Waals surface area contributed by atoms with Gasteiger partial charge in [0.2, 0.25) is 11.8 Å². The van der Waals surface area contributed by atoms with Crippen LogP contribution in [-0.4, -0.2) is 50.1 Å². The number of nitrogens with zero attached hydrogens (tertiary/aromatic N) is 4. The number of piperidine rings is 1. The Hall–Kier alpha value is -2.39. The second-order valence-electron chi connectivity index (χ2n) is 12.5. The predicted octanol–water partition coefficient (Wildman–Crippen LogP) is 7.17. The molecule has 9 heteroatoms. The molecule has 1 saturated carbocycles. The van der Waals surface area contributed by atoms with E-state index >= 15 is 0 Å². The minimum Gasteiger partial charge on any atom is -0.349 e. The second kappa shape index (κ2) is 11.1. The Morgan fingerprint density at radius 3 is 2.48 bits per heavy atom. The lowest BCUT2D eigenvalue weighted by molar-refractivity contribution is -0.130. The number of benzene rings is 1. The van der Waals surface area contributed by atoms with Crippen LogP contribution in [0.2, 0.25) is 0 Å². The number of aromatic nitrogens is 3. The molecule has 3 fully saturated rings. The van der Waals surface area contributed by atoms with Gasteiger partial charge >= 0.3 is 0 Å². The van der Waals surface area contributed by atoms with Crippen LogP contribution in [0.3, 0.4) is 0 Å². The van der Waals surface area contributed by atoms with Crippen molar-refractivity contribution in [2.75, 3.05) is 6.54 Å². The lowest BCUT2D eigenvalue weighted by atomic mass is 9.86. The molecule has 0 spiro atoms. The molecule has 3 aliphatic rings. The van der Waals surface area contributed by atoms with Gasteiger partial charge in [-0.1, -0.05) is 32.0 Å². The summed E-state index contributed by atoms with van der Waals surface area (Å²) >= 11 is 1.70. The van der Waals surface area contributed by atoms with E-state index in [1.165, 1.54) is 22.9 Å². The molecule has 3 aromatic rings. The van der Waals surface area contributed by atoms with Crippen LogP contribution in [0.1, 0.15) is 107 Å². The highest BCUT2D eigenvalue weighted by Gasteiger charge is 2.43. The minimum atomic E-state index is -2.63. The van der Waals surface area contributed by atoms with Crippen molar-refractivity contribution in [3.05, 3.63) is 46.9 Å². The molecule has 2 saturated heterocycles. The van der Waals surface area contributed by atoms with Crippen LogP contribution in [0.5, 0.6) is 0 Å². The van der Waals surface area contributed by atoms with Gasteiger partial charge in [0.1, 0.15) is 11.6 Å². The molecule has 4 atom stereocenters. The molecule has 6 nitrogen and oxygen atoms in total. The molecule has 2 aliphatic heterocycles. The average Bonchev–Trinajstić information content (AvgIpc) is 3.59. The highest BCUT2D eigenvalue weighted by atomic mass is 32.1. The highest BCUT2D eigenvalue weighted by molar-refractivity contribution is 7.17. The van der Waals surface area contributed by atoms with Crippen molar-refractivity contribution in [3.63, 3.8) is 0 Å². The first-order valence-electron chi connectivity index (χ1n) is 15.0. The Morgan fingerprint density at radius 1 is 1.07 bits per heavy atom. The molecule has 2 aromatic heterocycles. The number of carbonyl (C=O) groups excluding carboxylic acids is 1. The monoisotopic (exact) mass is 569 g/mol. The first-order chi connectivity index (χ1) is 19.2. The molecule has 1 N–H and O–H groups in total. The average molecular weight is 570 g/mol. The highest BCUT2D eigenvalue weighted by Crippen LogP contribution is 2.43. The van der Waals surface area contributed by atoms with E-state index in [4.69, 9.17) is 0 Å². The predicted molar refractivity (Wildman–Crippen MR) is 155 cm³/mol. The van der Waals surface area contributed by atoms with E-state index in [1.54, 1.807) is 11.3 Å². The summed E-state index contributed by atoms with van der Waals surface area (Å²) < 4.78 is 31.1. The molecule has 4 heterocycles. The van der Waals surface area contributed by atoms with E-state index in [0.717, 1.165) is 43.0 Å². The van der Waals surface area contributed by atoms with Crippen LogP contribution in [0.25, 0.3) is 10.1 Å². The van der Waals surface area contributed by atoms with Crippen molar-refractivity contribution in [1.29, 1.82) is 0 Å². The molecule has 1 amide bonds. The molecule has 1 aliphatic carbocycles. The molecule has 2 bridgehead atoms. The zero-order valence-electron chi connectivity index (χ0n) is 23.8. The van der Waals surface area contributed by atoms with Crippen molar-refractivity contribution in [3.8, 4) is 0 Å². The van der Waals surface area contributed by atoms with Crippen molar-refractivity contribution >= 4 is 27.3 Å². The van der Waals surface area contributed by atoms with E-state index in [0.29, 0.717) is 24.0 Å². The lowest BCUT2D eigenvalue weighted by Gasteiger charge is -2.40. The summed E-state index contributed by atoms with van der Waals surface area (Å²) in [6.07, 6.45) is 5.55. The number of aryl methyl sites for hydroxylation is 1. The summed E-state index contributed by atoms with van der Waals surface area (Å²) in [7, 11) is 0. The van der Waals surface area contributed by atoms with Gasteiger partial charge in [0, 0.05) is 54.0 Å². The van der Waals surface area contributed by atoms with Gasteiger partial charge in [-0.15, -0.1) is 21.5 Å². The number of amides is 1. The molecule has 1 aromatic carbocycles. The number of carbonyl (C=O) groups is 1. The Labute approximate surface area is 239 Å². The van der Waals surface area contributed by atoms with Crippen LogP contribution >= 0.6 is 11.3 Å². The number of nitrogens with one attached hydrogen (secondary N) is 1. The number of hydrogen-bond donors (Lipinski definition) is 1. The largest absolute Gasteiger partial charge is 0.349 e. The van der Waals surface area contributed by atoms with Crippen molar-refractivity contribution in [2.24, 2.45) is 5.92 Å². The van der Waals surface area contributed by atoms with Gasteiger partial charge < -0.3 is 9.88 Å². The summed E-state index contributed by atoms with van der Waals surface area (Å²) in [5.41, 5.74) is 1.15. The van der Waals surface area contributed by atoms with Crippen LogP contribution in [0.4, 0.5) is 8.78 Å². The Morgan fingerprint density at radius 2 is 1.77 bits per heavy atom. The maximum atomic E-state index is 13.8. The Kier molecular flexibility index (Phi) is 7.72. The fraction of sp³-hybridized carbons (Fsp3) is 0.645. The Balaban J connectivity index is 1.17. The molecule has 1 unspecified atom stereocenters. The summed E-state index contributed by atoms with van der Waals surface area (Å²) in [6.45, 7) is 7.35. The number of thiophene rings is 1. The van der Waals surface area contributed by atoms with Gasteiger partial charge in [0.25, 0.3) is 0 Å². The number of rotatable bonds is 8. The summed E-state index contributed by atoms with van der Waals surface area (Å²) in [5.74, 6) is -0.594. The van der Waals surface area contributed by atoms with Crippen molar-refractivity contribution < 1.29 is 13.6 Å². The zero-order valence-corrected chi connectivity index (χ0v) is 24.6. The SMILES string of the molecule is Cc1nnc(C(C)C)n1C1C[C@H]2CC[C@@H](C1)N2CC[C@H](NC(=O)C1CCC(F)(F)CC1)c1csc2ccccc12. The van der Waals surface area contributed by atoms with E-state index < -0.39 is 5.92 Å². The quantitative estimate of drug-likeness (QED) is 0.313. The van der Waals surface area contributed by atoms with Crippen LogP contribution in [-0.2, 0) is 4.79 Å². The number of fused-ring (bicyclic) bond motifs is 3. The third kappa shape index (κ3) is 5.43. The van der Waals surface area contributed by atoms with E-state index in [2.05, 4.69) is 63.3 Å². The standard InChI is InChI=1S/C31H41F2N5OS/c1-19(2)29-36-35-20(3)38(29)24-16-22-8-9-23(17-24)37(22)15-12-27(26-18-40-28-7-5-4-6-25(26)28)34-30(39)21-10-13-31(32,33)14-11-21/h4-7,18-19,21-24,27H,8-17H2,1-3H3,(H,34,39)/t22-,23+,24?,27-/m0/s1. The van der Waals surface area contributed by atoms with Gasteiger partial charge in [-0.25, -0.2) is 8.78 Å². The number of hydrogen-bond acceptors (Lipinski definition) is 5. The van der Waals surface area contributed by atoms with Crippen LogP contribution < -0.4 is 5.32 Å². The molecular formula is C31H41F2N5OS. The van der Waals surface area contributed by atoms with E-state index in [1.807, 2.05) is 12.1 Å². The van der Waals surface area contributed by atoms with Crippen LogP contribution in [0.15, 0.2) is 29.6 Å². The Bertz CT molecular complexity index is 1330. The third-order valence-electron chi connectivity index (χ3n) is 9.60. The smallest absolute Gasteiger partial charge is 0.248 e. The maximum absolute atomic E-state index is 13.8. The first-order valence-corrected chi connectivity index (χ1v) is 15.9. The normalized spacial score (nSPS) is 26.0. The van der Waals surface area contributed by atoms with Crippen molar-refractivity contribution in [2.45, 2.75) is 115 Å². The van der Waals surface area contributed by atoms with Gasteiger partial charge in [-0.2, -0.15) is 0 Å². The zero-order chi connectivity index (χ0) is 28.0. The number of halogens is 2. The fourth-order valence-corrected chi connectivity index (χ4v) is 8.51.